The largest absolute Gasteiger partial charge is 0.494 e. The van der Waals surface area contributed by atoms with Gasteiger partial charge in [-0.1, -0.05) is 24.3 Å². The van der Waals surface area contributed by atoms with E-state index in [2.05, 4.69) is 5.32 Å². The van der Waals surface area contributed by atoms with Gasteiger partial charge in [-0.05, 0) is 55.7 Å². The van der Waals surface area contributed by atoms with Gasteiger partial charge in [0.25, 0.3) is 0 Å². The molecule has 0 saturated carbocycles. The standard InChI is InChI=1S/C20H24N2O4S/c1-3-26-18-11-9-17(10-12-18)21-20(23)19-13-15-7-5-6-8-16(15)14-22(19)27(24,25)4-2/h5-12,19H,3-4,13-14H2,1-2H3,(H,21,23)/t19-/m0/s1. The molecule has 0 spiro atoms. The Hall–Kier alpha value is -2.38. The van der Waals surface area contributed by atoms with E-state index in [4.69, 9.17) is 4.74 Å². The zero-order chi connectivity index (χ0) is 19.4. The lowest BCUT2D eigenvalue weighted by Crippen LogP contribution is -2.51. The van der Waals surface area contributed by atoms with Crippen LogP contribution >= 0.6 is 0 Å². The Morgan fingerprint density at radius 3 is 2.41 bits per heavy atom. The van der Waals surface area contributed by atoms with Crippen LogP contribution in [-0.2, 0) is 27.8 Å². The highest BCUT2D eigenvalue weighted by atomic mass is 32.2. The molecule has 144 valence electrons. The first-order chi connectivity index (χ1) is 12.9. The second-order valence-corrected chi connectivity index (χ2v) is 8.59. The summed E-state index contributed by atoms with van der Waals surface area (Å²) in [5.74, 6) is 0.352. The molecule has 0 unspecified atom stereocenters. The van der Waals surface area contributed by atoms with Crippen LogP contribution in [0.5, 0.6) is 5.75 Å². The van der Waals surface area contributed by atoms with Crippen LogP contribution in [-0.4, -0.2) is 37.0 Å². The minimum absolute atomic E-state index is 0.0397. The predicted molar refractivity (Wildman–Crippen MR) is 105 cm³/mol. The summed E-state index contributed by atoms with van der Waals surface area (Å²) in [6.07, 6.45) is 0.359. The van der Waals surface area contributed by atoms with Gasteiger partial charge >= 0.3 is 0 Å². The van der Waals surface area contributed by atoms with Crippen LogP contribution < -0.4 is 10.1 Å². The number of carbonyl (C=O) groups is 1. The Morgan fingerprint density at radius 1 is 1.11 bits per heavy atom. The molecule has 3 rings (SSSR count). The molecule has 1 heterocycles. The molecule has 0 bridgehead atoms. The molecule has 0 radical (unpaired) electrons. The Kier molecular flexibility index (Phi) is 5.82. The van der Waals surface area contributed by atoms with Crippen LogP contribution in [0, 0.1) is 0 Å². The van der Waals surface area contributed by atoms with Crippen LogP contribution in [0.15, 0.2) is 48.5 Å². The van der Waals surface area contributed by atoms with Gasteiger partial charge in [0, 0.05) is 12.2 Å². The van der Waals surface area contributed by atoms with E-state index in [0.29, 0.717) is 18.7 Å². The summed E-state index contributed by atoms with van der Waals surface area (Å²) in [5.41, 5.74) is 2.56. The van der Waals surface area contributed by atoms with E-state index in [1.165, 1.54) is 4.31 Å². The molecule has 1 amide bonds. The van der Waals surface area contributed by atoms with Crippen molar-refractivity contribution in [1.82, 2.24) is 4.31 Å². The SMILES string of the molecule is CCOc1ccc(NC(=O)[C@@H]2Cc3ccccc3CN2S(=O)(=O)CC)cc1. The molecule has 0 fully saturated rings. The maximum atomic E-state index is 12.9. The summed E-state index contributed by atoms with van der Waals surface area (Å²) in [6, 6.07) is 13.9. The molecule has 6 nitrogen and oxygen atoms in total. The number of anilines is 1. The van der Waals surface area contributed by atoms with Gasteiger partial charge in [-0.3, -0.25) is 4.79 Å². The normalized spacial score (nSPS) is 17.2. The van der Waals surface area contributed by atoms with Crippen LogP contribution in [0.2, 0.25) is 0 Å². The average molecular weight is 388 g/mol. The summed E-state index contributed by atoms with van der Waals surface area (Å²) in [4.78, 5) is 12.9. The molecule has 27 heavy (non-hydrogen) atoms. The number of carbonyl (C=O) groups excluding carboxylic acids is 1. The van der Waals surface area contributed by atoms with Crippen LogP contribution in [0.4, 0.5) is 5.69 Å². The number of ether oxygens (including phenoxy) is 1. The van der Waals surface area contributed by atoms with E-state index >= 15 is 0 Å². The molecular formula is C20H24N2O4S. The molecule has 2 aromatic rings. The van der Waals surface area contributed by atoms with Crippen molar-refractivity contribution in [2.24, 2.45) is 0 Å². The van der Waals surface area contributed by atoms with Crippen molar-refractivity contribution in [3.63, 3.8) is 0 Å². The highest BCUT2D eigenvalue weighted by Gasteiger charge is 2.37. The average Bonchev–Trinajstić information content (AvgIpc) is 2.68. The van der Waals surface area contributed by atoms with Gasteiger partial charge in [-0.25, -0.2) is 8.42 Å². The Bertz CT molecular complexity index is 910. The van der Waals surface area contributed by atoms with E-state index in [9.17, 15) is 13.2 Å². The maximum Gasteiger partial charge on any atom is 0.243 e. The minimum Gasteiger partial charge on any atom is -0.494 e. The zero-order valence-electron chi connectivity index (χ0n) is 15.5. The first-order valence-electron chi connectivity index (χ1n) is 9.04. The summed E-state index contributed by atoms with van der Waals surface area (Å²) in [5, 5.41) is 2.84. The molecule has 0 aromatic heterocycles. The van der Waals surface area contributed by atoms with Crippen LogP contribution in [0.25, 0.3) is 0 Å². The van der Waals surface area contributed by atoms with E-state index in [-0.39, 0.29) is 18.2 Å². The number of hydrogen-bond acceptors (Lipinski definition) is 4. The van der Waals surface area contributed by atoms with Crippen LogP contribution in [0.1, 0.15) is 25.0 Å². The van der Waals surface area contributed by atoms with E-state index in [0.717, 1.165) is 16.9 Å². The number of benzene rings is 2. The predicted octanol–water partition coefficient (Wildman–Crippen LogP) is 2.80. The van der Waals surface area contributed by atoms with Crippen molar-refractivity contribution in [3.05, 3.63) is 59.7 Å². The Labute approximate surface area is 160 Å². The number of rotatable bonds is 6. The number of fused-ring (bicyclic) bond motifs is 1. The van der Waals surface area contributed by atoms with Gasteiger partial charge in [0.15, 0.2) is 0 Å². The monoisotopic (exact) mass is 388 g/mol. The van der Waals surface area contributed by atoms with Crippen molar-refractivity contribution in [1.29, 1.82) is 0 Å². The third-order valence-electron chi connectivity index (χ3n) is 4.66. The number of nitrogens with zero attached hydrogens (tertiary/aromatic N) is 1. The smallest absolute Gasteiger partial charge is 0.243 e. The first kappa shape index (κ1) is 19.4. The molecule has 1 atom stereocenters. The van der Waals surface area contributed by atoms with Crippen molar-refractivity contribution in [3.8, 4) is 5.75 Å². The van der Waals surface area contributed by atoms with E-state index in [1.54, 1.807) is 31.2 Å². The fourth-order valence-electron chi connectivity index (χ4n) is 3.21. The second kappa shape index (κ2) is 8.10. The molecule has 2 aromatic carbocycles. The molecule has 1 N–H and O–H groups in total. The number of hydrogen-bond donors (Lipinski definition) is 1. The van der Waals surface area contributed by atoms with Crippen LogP contribution in [0.3, 0.4) is 0 Å². The lowest BCUT2D eigenvalue weighted by Gasteiger charge is -2.34. The quantitative estimate of drug-likeness (QED) is 0.826. The topological polar surface area (TPSA) is 75.7 Å². The second-order valence-electron chi connectivity index (χ2n) is 6.38. The minimum atomic E-state index is -3.51. The highest BCUT2D eigenvalue weighted by molar-refractivity contribution is 7.89. The Balaban J connectivity index is 1.84. The molecule has 1 aliphatic rings. The molecular weight excluding hydrogens is 364 g/mol. The van der Waals surface area contributed by atoms with Gasteiger partial charge < -0.3 is 10.1 Å². The molecule has 1 aliphatic heterocycles. The lowest BCUT2D eigenvalue weighted by molar-refractivity contribution is -0.120. The highest BCUT2D eigenvalue weighted by Crippen LogP contribution is 2.27. The van der Waals surface area contributed by atoms with Gasteiger partial charge in [0.1, 0.15) is 11.8 Å². The fourth-order valence-corrected chi connectivity index (χ4v) is 4.43. The van der Waals surface area contributed by atoms with Gasteiger partial charge in [-0.15, -0.1) is 0 Å². The summed E-state index contributed by atoms with van der Waals surface area (Å²) in [6.45, 7) is 4.28. The Morgan fingerprint density at radius 2 is 1.78 bits per heavy atom. The molecule has 0 aliphatic carbocycles. The van der Waals surface area contributed by atoms with Gasteiger partial charge in [0.05, 0.1) is 12.4 Å². The third kappa shape index (κ3) is 4.31. The first-order valence-corrected chi connectivity index (χ1v) is 10.7. The third-order valence-corrected chi connectivity index (χ3v) is 6.49. The number of nitrogens with one attached hydrogen (secondary N) is 1. The van der Waals surface area contributed by atoms with Crippen molar-refractivity contribution < 1.29 is 17.9 Å². The molecule has 7 heteroatoms. The summed E-state index contributed by atoms with van der Waals surface area (Å²) >= 11 is 0. The lowest BCUT2D eigenvalue weighted by atomic mass is 9.95. The van der Waals surface area contributed by atoms with Crippen molar-refractivity contribution in [2.75, 3.05) is 17.7 Å². The maximum absolute atomic E-state index is 12.9. The summed E-state index contributed by atoms with van der Waals surface area (Å²) < 4.78 is 31.9. The van der Waals surface area contributed by atoms with Gasteiger partial charge in [-0.2, -0.15) is 4.31 Å². The fraction of sp³-hybridized carbons (Fsp3) is 0.350. The van der Waals surface area contributed by atoms with E-state index in [1.807, 2.05) is 31.2 Å². The van der Waals surface area contributed by atoms with Crippen molar-refractivity contribution >= 4 is 21.6 Å². The summed E-state index contributed by atoms with van der Waals surface area (Å²) in [7, 11) is -3.51. The molecule has 0 saturated heterocycles. The van der Waals surface area contributed by atoms with Crippen molar-refractivity contribution in [2.45, 2.75) is 32.9 Å². The van der Waals surface area contributed by atoms with E-state index < -0.39 is 16.1 Å². The number of amides is 1. The zero-order valence-corrected chi connectivity index (χ0v) is 16.3. The van der Waals surface area contributed by atoms with Gasteiger partial charge in [0.2, 0.25) is 15.9 Å². The number of sulfonamides is 1.